The maximum atomic E-state index is 12.8. The van der Waals surface area contributed by atoms with E-state index in [1.807, 2.05) is 6.08 Å². The van der Waals surface area contributed by atoms with Gasteiger partial charge in [-0.3, -0.25) is 14.4 Å². The van der Waals surface area contributed by atoms with Gasteiger partial charge >= 0.3 is 17.9 Å². The SMILES string of the molecule is CC/C=C\C/C=C\C/C=C\C/C=C\C/C=C\C/C=C\CCC(=O)OC(COC(=O)CCCCCCC/C=C\C/C=C\C/C=C\CC)COC(=O)CCCCCCCCCCCCCCCCCCCCCCC. The van der Waals surface area contributed by atoms with E-state index in [9.17, 15) is 14.4 Å². The summed E-state index contributed by atoms with van der Waals surface area (Å²) >= 11 is 0. The second kappa shape index (κ2) is 60.6. The average molecular weight is 1010 g/mol. The van der Waals surface area contributed by atoms with Gasteiger partial charge in [0.05, 0.1) is 0 Å². The van der Waals surface area contributed by atoms with Gasteiger partial charge in [0.2, 0.25) is 0 Å². The third-order valence-electron chi connectivity index (χ3n) is 12.8. The molecule has 73 heavy (non-hydrogen) atoms. The van der Waals surface area contributed by atoms with Gasteiger partial charge in [0.15, 0.2) is 6.10 Å². The molecule has 1 unspecified atom stereocenters. The van der Waals surface area contributed by atoms with Crippen LogP contribution in [0.4, 0.5) is 0 Å². The van der Waals surface area contributed by atoms with E-state index in [1.165, 1.54) is 116 Å². The second-order valence-corrected chi connectivity index (χ2v) is 19.9. The van der Waals surface area contributed by atoms with Gasteiger partial charge < -0.3 is 14.2 Å². The molecule has 0 aliphatic heterocycles. The largest absolute Gasteiger partial charge is 0.462 e. The van der Waals surface area contributed by atoms with E-state index >= 15 is 0 Å². The Labute approximate surface area is 450 Å². The number of hydrogen-bond acceptors (Lipinski definition) is 6. The van der Waals surface area contributed by atoms with E-state index < -0.39 is 12.1 Å². The highest BCUT2D eigenvalue weighted by Gasteiger charge is 2.19. The van der Waals surface area contributed by atoms with Crippen LogP contribution < -0.4 is 0 Å². The minimum absolute atomic E-state index is 0.113. The van der Waals surface area contributed by atoms with E-state index in [4.69, 9.17) is 14.2 Å². The molecular weight excluding hydrogens is 901 g/mol. The van der Waals surface area contributed by atoms with Gasteiger partial charge in [-0.25, -0.2) is 0 Å². The summed E-state index contributed by atoms with van der Waals surface area (Å²) in [5.74, 6) is -1.01. The van der Waals surface area contributed by atoms with Gasteiger partial charge in [-0.15, -0.1) is 0 Å². The molecule has 0 aliphatic rings. The zero-order chi connectivity index (χ0) is 52.9. The Morgan fingerprint density at radius 3 is 0.890 bits per heavy atom. The first-order valence-corrected chi connectivity index (χ1v) is 30.4. The Morgan fingerprint density at radius 1 is 0.288 bits per heavy atom. The second-order valence-electron chi connectivity index (χ2n) is 19.9. The summed E-state index contributed by atoms with van der Waals surface area (Å²) < 4.78 is 16.8. The molecule has 0 aliphatic carbocycles. The Morgan fingerprint density at radius 2 is 0.562 bits per heavy atom. The van der Waals surface area contributed by atoms with Crippen molar-refractivity contribution in [2.45, 2.75) is 284 Å². The Bertz CT molecular complexity index is 1490. The summed E-state index contributed by atoms with van der Waals surface area (Å²) in [5.41, 5.74) is 0. The maximum Gasteiger partial charge on any atom is 0.306 e. The normalized spacial score (nSPS) is 12.9. The molecule has 0 spiro atoms. The predicted octanol–water partition coefficient (Wildman–Crippen LogP) is 20.7. The van der Waals surface area contributed by atoms with Crippen LogP contribution in [0.5, 0.6) is 0 Å². The van der Waals surface area contributed by atoms with Crippen LogP contribution in [0.1, 0.15) is 278 Å². The van der Waals surface area contributed by atoms with E-state index in [0.29, 0.717) is 19.3 Å². The number of esters is 3. The first-order valence-electron chi connectivity index (χ1n) is 30.4. The van der Waals surface area contributed by atoms with Gasteiger partial charge in [0, 0.05) is 19.3 Å². The molecule has 0 amide bonds. The number of rotatable bonds is 54. The average Bonchev–Trinajstić information content (AvgIpc) is 3.39. The fourth-order valence-electron chi connectivity index (χ4n) is 8.31. The van der Waals surface area contributed by atoms with E-state index in [-0.39, 0.29) is 31.6 Å². The van der Waals surface area contributed by atoms with Gasteiger partial charge in [-0.1, -0.05) is 278 Å². The van der Waals surface area contributed by atoms with Crippen LogP contribution in [0.15, 0.2) is 109 Å². The van der Waals surface area contributed by atoms with Crippen LogP contribution >= 0.6 is 0 Å². The molecule has 6 nitrogen and oxygen atoms in total. The summed E-state index contributed by atoms with van der Waals surface area (Å²) in [6.45, 7) is 6.36. The maximum absolute atomic E-state index is 12.8. The molecule has 0 rings (SSSR count). The number of carbonyl (C=O) groups is 3. The molecule has 0 N–H and O–H groups in total. The third kappa shape index (κ3) is 58.8. The first kappa shape index (κ1) is 69.1. The smallest absolute Gasteiger partial charge is 0.306 e. The van der Waals surface area contributed by atoms with Crippen molar-refractivity contribution in [3.8, 4) is 0 Å². The lowest BCUT2D eigenvalue weighted by Gasteiger charge is -2.18. The van der Waals surface area contributed by atoms with Crippen LogP contribution in [0.3, 0.4) is 0 Å². The fraction of sp³-hybridized carbons (Fsp3) is 0.687. The van der Waals surface area contributed by atoms with E-state index in [0.717, 1.165) is 116 Å². The van der Waals surface area contributed by atoms with Crippen molar-refractivity contribution in [1.29, 1.82) is 0 Å². The minimum Gasteiger partial charge on any atom is -0.462 e. The summed E-state index contributed by atoms with van der Waals surface area (Å²) in [5, 5.41) is 0. The molecule has 6 heteroatoms. The molecule has 0 aromatic rings. The van der Waals surface area contributed by atoms with Gasteiger partial charge in [-0.05, 0) is 89.9 Å². The lowest BCUT2D eigenvalue weighted by atomic mass is 10.0. The van der Waals surface area contributed by atoms with Crippen molar-refractivity contribution in [3.63, 3.8) is 0 Å². The van der Waals surface area contributed by atoms with Crippen LogP contribution in [-0.4, -0.2) is 37.2 Å². The van der Waals surface area contributed by atoms with Crippen molar-refractivity contribution >= 4 is 17.9 Å². The molecule has 0 saturated heterocycles. The van der Waals surface area contributed by atoms with E-state index in [1.54, 1.807) is 0 Å². The first-order chi connectivity index (χ1) is 36.0. The lowest BCUT2D eigenvalue weighted by Crippen LogP contribution is -2.30. The lowest BCUT2D eigenvalue weighted by molar-refractivity contribution is -0.166. The summed E-state index contributed by atoms with van der Waals surface area (Å²) in [6, 6.07) is 0. The molecule has 0 aromatic heterocycles. The molecule has 0 fully saturated rings. The van der Waals surface area contributed by atoms with Crippen molar-refractivity contribution in [2.75, 3.05) is 13.2 Å². The van der Waals surface area contributed by atoms with Crippen LogP contribution in [0.25, 0.3) is 0 Å². The van der Waals surface area contributed by atoms with Gasteiger partial charge in [-0.2, -0.15) is 0 Å². The zero-order valence-electron chi connectivity index (χ0n) is 47.6. The van der Waals surface area contributed by atoms with Crippen molar-refractivity contribution in [2.24, 2.45) is 0 Å². The third-order valence-corrected chi connectivity index (χ3v) is 12.8. The summed E-state index contributed by atoms with van der Waals surface area (Å²) in [6.07, 6.45) is 82.5. The Balaban J connectivity index is 4.47. The minimum atomic E-state index is -0.827. The molecule has 0 bridgehead atoms. The van der Waals surface area contributed by atoms with Crippen molar-refractivity contribution < 1.29 is 28.6 Å². The number of unbranched alkanes of at least 4 members (excludes halogenated alkanes) is 25. The standard InChI is InChI=1S/C67H112O6/c1-4-7-10-13-16-19-22-25-28-30-32-33-35-36-39-42-45-48-51-54-57-60-66(69)72-63-64(62-71-65(68)59-56-53-50-47-44-41-38-27-24-21-18-15-12-9-6-3)73-67(70)61-58-55-52-49-46-43-40-37-34-31-29-26-23-20-17-14-11-8-5-2/h8-9,11-12,17-18,20-21,26-27,29,34,37-38,43,46,52,55,64H,4-7,10,13-16,19,22-25,28,30-33,35-36,39-42,44-45,47-51,53-54,56-63H2,1-3H3/b11-8-,12-9-,20-17-,21-18-,29-26-,37-34-,38-27-,46-43-,55-52-. The molecular formula is C67H112O6. The molecule has 0 radical (unpaired) electrons. The number of ether oxygens (including phenoxy) is 3. The quantitative estimate of drug-likeness (QED) is 0.0261. The zero-order valence-corrected chi connectivity index (χ0v) is 47.6. The van der Waals surface area contributed by atoms with Crippen molar-refractivity contribution in [1.82, 2.24) is 0 Å². The topological polar surface area (TPSA) is 78.9 Å². The van der Waals surface area contributed by atoms with Crippen LogP contribution in [0, 0.1) is 0 Å². The highest BCUT2D eigenvalue weighted by atomic mass is 16.6. The van der Waals surface area contributed by atoms with Crippen LogP contribution in [0.2, 0.25) is 0 Å². The predicted molar refractivity (Wildman–Crippen MR) is 316 cm³/mol. The highest BCUT2D eigenvalue weighted by Crippen LogP contribution is 2.16. The molecule has 416 valence electrons. The number of hydrogen-bond donors (Lipinski definition) is 0. The number of carbonyl (C=O) groups excluding carboxylic acids is 3. The molecule has 0 heterocycles. The van der Waals surface area contributed by atoms with Crippen molar-refractivity contribution in [3.05, 3.63) is 109 Å². The Hall–Kier alpha value is -3.93. The molecule has 0 aromatic carbocycles. The number of allylic oxidation sites excluding steroid dienone is 18. The summed E-state index contributed by atoms with van der Waals surface area (Å²) in [4.78, 5) is 38.2. The fourth-order valence-corrected chi connectivity index (χ4v) is 8.31. The summed E-state index contributed by atoms with van der Waals surface area (Å²) in [7, 11) is 0. The highest BCUT2D eigenvalue weighted by molar-refractivity contribution is 5.71. The molecule has 0 saturated carbocycles. The van der Waals surface area contributed by atoms with Crippen LogP contribution in [-0.2, 0) is 28.6 Å². The van der Waals surface area contributed by atoms with Gasteiger partial charge in [0.1, 0.15) is 13.2 Å². The Kier molecular flexibility index (Phi) is 57.4. The van der Waals surface area contributed by atoms with Gasteiger partial charge in [0.25, 0.3) is 0 Å². The molecule has 1 atom stereocenters. The van der Waals surface area contributed by atoms with E-state index in [2.05, 4.69) is 124 Å². The monoisotopic (exact) mass is 1010 g/mol.